The van der Waals surface area contributed by atoms with Gasteiger partial charge in [0.05, 0.1) is 31.2 Å². The molecule has 9 heteroatoms. The Hall–Kier alpha value is -0.860. The molecule has 2 rings (SSSR count). The number of hydrogen-bond donors (Lipinski definition) is 2. The number of rotatable bonds is 8. The van der Waals surface area contributed by atoms with Crippen molar-refractivity contribution in [1.82, 2.24) is 9.62 Å². The van der Waals surface area contributed by atoms with Crippen molar-refractivity contribution < 1.29 is 18.1 Å². The summed E-state index contributed by atoms with van der Waals surface area (Å²) in [5.41, 5.74) is 0. The van der Waals surface area contributed by atoms with Crippen LogP contribution < -0.4 is 10.2 Å². The lowest BCUT2D eigenvalue weighted by atomic mass is 10.2. The molecule has 0 aliphatic carbocycles. The molecule has 1 aliphatic heterocycles. The Kier molecular flexibility index (Phi) is 8.16. The number of carbonyl (C=O) groups is 1. The first-order valence-corrected chi connectivity index (χ1v) is 11.1. The number of benzene rings is 1. The highest BCUT2D eigenvalue weighted by Crippen LogP contribution is 2.27. The summed E-state index contributed by atoms with van der Waals surface area (Å²) < 4.78 is 27.0. The summed E-state index contributed by atoms with van der Waals surface area (Å²) in [6, 6.07) is 4.42. The van der Waals surface area contributed by atoms with E-state index >= 15 is 0 Å². The van der Waals surface area contributed by atoms with Crippen LogP contribution in [0.25, 0.3) is 0 Å². The smallest absolute Gasteiger partial charge is 0.275 e. The van der Waals surface area contributed by atoms with Crippen molar-refractivity contribution in [2.24, 2.45) is 0 Å². The van der Waals surface area contributed by atoms with E-state index in [9.17, 15) is 13.2 Å². The van der Waals surface area contributed by atoms with Gasteiger partial charge in [0, 0.05) is 11.6 Å². The molecule has 1 aromatic rings. The molecule has 0 saturated carbocycles. The second kappa shape index (κ2) is 9.90. The first-order chi connectivity index (χ1) is 12.3. The Morgan fingerprint density at radius 3 is 2.58 bits per heavy atom. The molecule has 0 bridgehead atoms. The SMILES string of the molecule is CCCCCNC(=O)C[NH+]1CCN(S(=O)(=O)c2cc(Cl)ccc2Cl)CC1. The number of nitrogens with zero attached hydrogens (tertiary/aromatic N) is 1. The van der Waals surface area contributed by atoms with E-state index in [-0.39, 0.29) is 15.8 Å². The van der Waals surface area contributed by atoms with Gasteiger partial charge in [-0.05, 0) is 24.6 Å². The van der Waals surface area contributed by atoms with Gasteiger partial charge in [0.1, 0.15) is 4.90 Å². The molecule has 0 spiro atoms. The van der Waals surface area contributed by atoms with Crippen molar-refractivity contribution in [1.29, 1.82) is 0 Å². The van der Waals surface area contributed by atoms with Gasteiger partial charge in [-0.25, -0.2) is 8.42 Å². The monoisotopic (exact) mass is 422 g/mol. The number of piperazine rings is 1. The number of unbranched alkanes of at least 4 members (excludes halogenated alkanes) is 2. The molecular weight excluding hydrogens is 397 g/mol. The molecule has 0 atom stereocenters. The van der Waals surface area contributed by atoms with Crippen LogP contribution in [0.15, 0.2) is 23.1 Å². The molecule has 1 heterocycles. The second-order valence-electron chi connectivity index (χ2n) is 6.46. The number of carbonyl (C=O) groups excluding carboxylic acids is 1. The molecule has 1 fully saturated rings. The van der Waals surface area contributed by atoms with Gasteiger partial charge in [-0.1, -0.05) is 43.0 Å². The van der Waals surface area contributed by atoms with Crippen LogP contribution in [-0.2, 0) is 14.8 Å². The number of nitrogens with one attached hydrogen (secondary N) is 2. The highest BCUT2D eigenvalue weighted by atomic mass is 35.5. The summed E-state index contributed by atoms with van der Waals surface area (Å²) in [5.74, 6) is 0.0188. The standard InChI is InChI=1S/C17H25Cl2N3O3S/c1-2-3-4-7-20-17(23)13-21-8-10-22(11-9-21)26(24,25)16-12-14(18)5-6-15(16)19/h5-6,12H,2-4,7-11,13H2,1H3,(H,20,23)/p+1. The van der Waals surface area contributed by atoms with E-state index < -0.39 is 10.0 Å². The minimum Gasteiger partial charge on any atom is -0.351 e. The van der Waals surface area contributed by atoms with Gasteiger partial charge in [0.15, 0.2) is 6.54 Å². The van der Waals surface area contributed by atoms with Crippen molar-refractivity contribution in [3.05, 3.63) is 28.2 Å². The summed E-state index contributed by atoms with van der Waals surface area (Å²) in [6.45, 7) is 5.06. The fourth-order valence-electron chi connectivity index (χ4n) is 2.93. The molecule has 0 aromatic heterocycles. The molecule has 1 saturated heterocycles. The summed E-state index contributed by atoms with van der Waals surface area (Å²) in [4.78, 5) is 13.1. The maximum atomic E-state index is 12.8. The average molecular weight is 423 g/mol. The first-order valence-electron chi connectivity index (χ1n) is 8.90. The van der Waals surface area contributed by atoms with E-state index in [4.69, 9.17) is 23.2 Å². The Labute approximate surface area is 165 Å². The lowest BCUT2D eigenvalue weighted by molar-refractivity contribution is -0.895. The zero-order valence-corrected chi connectivity index (χ0v) is 17.3. The summed E-state index contributed by atoms with van der Waals surface area (Å²) in [5, 5.41) is 3.42. The minimum absolute atomic E-state index is 0.0188. The van der Waals surface area contributed by atoms with E-state index in [1.165, 1.54) is 16.4 Å². The van der Waals surface area contributed by atoms with Crippen LogP contribution in [-0.4, -0.2) is 57.9 Å². The van der Waals surface area contributed by atoms with E-state index in [1.54, 1.807) is 6.07 Å². The van der Waals surface area contributed by atoms with E-state index in [1.807, 2.05) is 0 Å². The molecule has 1 amide bonds. The molecule has 146 valence electrons. The lowest BCUT2D eigenvalue weighted by Crippen LogP contribution is -3.15. The number of amides is 1. The Morgan fingerprint density at radius 2 is 1.92 bits per heavy atom. The van der Waals surface area contributed by atoms with E-state index in [0.29, 0.717) is 44.3 Å². The van der Waals surface area contributed by atoms with Gasteiger partial charge >= 0.3 is 0 Å². The van der Waals surface area contributed by atoms with Crippen molar-refractivity contribution in [2.75, 3.05) is 39.3 Å². The minimum atomic E-state index is -3.68. The summed E-state index contributed by atoms with van der Waals surface area (Å²) >= 11 is 12.0. The molecule has 0 unspecified atom stereocenters. The maximum Gasteiger partial charge on any atom is 0.275 e. The predicted octanol–water partition coefficient (Wildman–Crippen LogP) is 1.19. The molecule has 2 N–H and O–H groups in total. The summed E-state index contributed by atoms with van der Waals surface area (Å²) in [7, 11) is -3.68. The number of hydrogen-bond acceptors (Lipinski definition) is 3. The largest absolute Gasteiger partial charge is 0.351 e. The van der Waals surface area contributed by atoms with Crippen molar-refractivity contribution in [3.8, 4) is 0 Å². The second-order valence-corrected chi connectivity index (χ2v) is 9.21. The van der Waals surface area contributed by atoms with Gasteiger partial charge in [-0.3, -0.25) is 4.79 Å². The highest BCUT2D eigenvalue weighted by Gasteiger charge is 2.32. The van der Waals surface area contributed by atoms with Crippen LogP contribution in [0.5, 0.6) is 0 Å². The first kappa shape index (κ1) is 21.4. The van der Waals surface area contributed by atoms with Crippen LogP contribution in [0.1, 0.15) is 26.2 Å². The van der Waals surface area contributed by atoms with Gasteiger partial charge in [0.2, 0.25) is 10.0 Å². The third-order valence-electron chi connectivity index (χ3n) is 4.45. The zero-order valence-electron chi connectivity index (χ0n) is 14.9. The summed E-state index contributed by atoms with van der Waals surface area (Å²) in [6.07, 6.45) is 3.22. The van der Waals surface area contributed by atoms with Gasteiger partial charge in [0.25, 0.3) is 5.91 Å². The predicted molar refractivity (Wildman–Crippen MR) is 103 cm³/mol. The highest BCUT2D eigenvalue weighted by molar-refractivity contribution is 7.89. The number of quaternary nitrogens is 1. The normalized spacial score (nSPS) is 16.6. The zero-order chi connectivity index (χ0) is 19.2. The Bertz CT molecular complexity index is 720. The third-order valence-corrected chi connectivity index (χ3v) is 7.07. The fourth-order valence-corrected chi connectivity index (χ4v) is 5.10. The van der Waals surface area contributed by atoms with E-state index in [0.717, 1.165) is 24.2 Å². The molecule has 0 radical (unpaired) electrons. The Balaban J connectivity index is 1.87. The quantitative estimate of drug-likeness (QED) is 0.618. The molecule has 1 aromatic carbocycles. The van der Waals surface area contributed by atoms with Crippen molar-refractivity contribution in [2.45, 2.75) is 31.1 Å². The van der Waals surface area contributed by atoms with Crippen LogP contribution in [0.3, 0.4) is 0 Å². The topological polar surface area (TPSA) is 70.9 Å². The third kappa shape index (κ3) is 5.82. The molecule has 6 nitrogen and oxygen atoms in total. The lowest BCUT2D eigenvalue weighted by Gasteiger charge is -2.31. The number of halogens is 2. The van der Waals surface area contributed by atoms with Crippen LogP contribution in [0.4, 0.5) is 0 Å². The van der Waals surface area contributed by atoms with Crippen LogP contribution >= 0.6 is 23.2 Å². The van der Waals surface area contributed by atoms with Crippen LogP contribution in [0, 0.1) is 0 Å². The number of sulfonamides is 1. The Morgan fingerprint density at radius 1 is 1.23 bits per heavy atom. The van der Waals surface area contributed by atoms with Crippen LogP contribution in [0.2, 0.25) is 10.0 Å². The van der Waals surface area contributed by atoms with Crippen molar-refractivity contribution in [3.63, 3.8) is 0 Å². The fraction of sp³-hybridized carbons (Fsp3) is 0.588. The molecule has 1 aliphatic rings. The average Bonchev–Trinajstić information content (AvgIpc) is 2.61. The van der Waals surface area contributed by atoms with Gasteiger partial charge in [-0.2, -0.15) is 4.31 Å². The van der Waals surface area contributed by atoms with Gasteiger partial charge in [-0.15, -0.1) is 0 Å². The maximum absolute atomic E-state index is 12.8. The van der Waals surface area contributed by atoms with Crippen molar-refractivity contribution >= 4 is 39.1 Å². The molecule has 26 heavy (non-hydrogen) atoms. The van der Waals surface area contributed by atoms with E-state index in [2.05, 4.69) is 12.2 Å². The molecular formula is C17H26Cl2N3O3S+. The van der Waals surface area contributed by atoms with Gasteiger partial charge < -0.3 is 10.2 Å².